The van der Waals surface area contributed by atoms with Crippen molar-refractivity contribution in [2.75, 3.05) is 32.1 Å². The van der Waals surface area contributed by atoms with Gasteiger partial charge in [-0.25, -0.2) is 13.8 Å². The van der Waals surface area contributed by atoms with E-state index in [1.165, 1.54) is 11.0 Å². The Labute approximate surface area is 173 Å². The van der Waals surface area contributed by atoms with Crippen LogP contribution in [0, 0.1) is 11.6 Å². The Bertz CT molecular complexity index is 1060. The van der Waals surface area contributed by atoms with Crippen molar-refractivity contribution in [1.29, 1.82) is 0 Å². The molecule has 0 bridgehead atoms. The van der Waals surface area contributed by atoms with E-state index < -0.39 is 29.3 Å². The summed E-state index contributed by atoms with van der Waals surface area (Å²) < 4.78 is 66.9. The molecule has 1 heterocycles. The van der Waals surface area contributed by atoms with Crippen LogP contribution in [0.2, 0.25) is 0 Å². The third-order valence-electron chi connectivity index (χ3n) is 4.30. The van der Waals surface area contributed by atoms with E-state index in [4.69, 9.17) is 0 Å². The molecule has 0 aliphatic carbocycles. The lowest BCUT2D eigenvalue weighted by Gasteiger charge is -2.21. The van der Waals surface area contributed by atoms with Gasteiger partial charge in [-0.1, -0.05) is 17.4 Å². The summed E-state index contributed by atoms with van der Waals surface area (Å²) in [4.78, 5) is 20.3. The number of nitrogens with zero attached hydrogens (tertiary/aromatic N) is 3. The minimum absolute atomic E-state index is 0.0918. The maximum Gasteiger partial charge on any atom is 0.416 e. The summed E-state index contributed by atoms with van der Waals surface area (Å²) in [6.07, 6.45) is -4.09. The third-order valence-corrected chi connectivity index (χ3v) is 5.33. The average molecular weight is 443 g/mol. The van der Waals surface area contributed by atoms with E-state index in [0.717, 1.165) is 35.6 Å². The minimum atomic E-state index is -4.59. The van der Waals surface area contributed by atoms with E-state index in [1.807, 2.05) is 19.0 Å². The molecule has 3 rings (SSSR count). The van der Waals surface area contributed by atoms with Gasteiger partial charge in [0.2, 0.25) is 0 Å². The van der Waals surface area contributed by atoms with Crippen molar-refractivity contribution in [2.45, 2.75) is 12.6 Å². The quantitative estimate of drug-likeness (QED) is 0.492. The summed E-state index contributed by atoms with van der Waals surface area (Å²) in [5.74, 6) is -2.34. The number of halogens is 5. The van der Waals surface area contributed by atoms with E-state index in [9.17, 15) is 26.7 Å². The molecule has 0 unspecified atom stereocenters. The molecule has 30 heavy (non-hydrogen) atoms. The Balaban J connectivity index is 2.00. The number of anilines is 1. The van der Waals surface area contributed by atoms with Crippen LogP contribution in [-0.4, -0.2) is 43.0 Å². The molecule has 160 valence electrons. The first kappa shape index (κ1) is 22.1. The predicted octanol–water partition coefficient (Wildman–Crippen LogP) is 5.19. The number of carbonyl (C=O) groups excluding carboxylic acids is 1. The van der Waals surface area contributed by atoms with Gasteiger partial charge in [-0.2, -0.15) is 13.2 Å². The topological polar surface area (TPSA) is 36.4 Å². The molecular weight excluding hydrogens is 425 g/mol. The van der Waals surface area contributed by atoms with Crippen molar-refractivity contribution in [3.8, 4) is 0 Å². The molecule has 0 saturated heterocycles. The van der Waals surface area contributed by atoms with Crippen molar-refractivity contribution < 1.29 is 26.7 Å². The van der Waals surface area contributed by atoms with Gasteiger partial charge >= 0.3 is 6.18 Å². The Morgan fingerprint density at radius 1 is 1.10 bits per heavy atom. The van der Waals surface area contributed by atoms with Gasteiger partial charge in [-0.15, -0.1) is 0 Å². The van der Waals surface area contributed by atoms with Crippen molar-refractivity contribution in [2.24, 2.45) is 0 Å². The third kappa shape index (κ3) is 4.93. The monoisotopic (exact) mass is 443 g/mol. The highest BCUT2D eigenvalue weighted by molar-refractivity contribution is 7.22. The van der Waals surface area contributed by atoms with Crippen LogP contribution in [0.1, 0.15) is 22.3 Å². The van der Waals surface area contributed by atoms with E-state index in [1.54, 1.807) is 0 Å². The lowest BCUT2D eigenvalue weighted by atomic mass is 10.1. The molecule has 0 atom stereocenters. The van der Waals surface area contributed by atoms with Crippen LogP contribution in [0.15, 0.2) is 36.4 Å². The summed E-state index contributed by atoms with van der Waals surface area (Å²) >= 11 is 0.903. The van der Waals surface area contributed by atoms with Gasteiger partial charge in [0.05, 0.1) is 10.3 Å². The summed E-state index contributed by atoms with van der Waals surface area (Å²) in [6.45, 7) is 0.761. The maximum atomic E-state index is 14.1. The van der Waals surface area contributed by atoms with Gasteiger partial charge in [-0.05, 0) is 51.3 Å². The van der Waals surface area contributed by atoms with Crippen molar-refractivity contribution in [1.82, 2.24) is 9.88 Å². The standard InChI is InChI=1S/C20H18F5N3OS/c1-27(2)7-4-8-28(18(29)12-5-3-6-13(9-12)20(23,24)25)19-26-17-15(22)10-14(21)11-16(17)30-19/h3,5-6,9-11H,4,7-8H2,1-2H3. The molecule has 4 nitrogen and oxygen atoms in total. The molecule has 2 aromatic carbocycles. The molecule has 0 saturated carbocycles. The number of hydrogen-bond acceptors (Lipinski definition) is 4. The molecular formula is C20H18F5N3OS. The largest absolute Gasteiger partial charge is 0.416 e. The normalized spacial score (nSPS) is 12.0. The van der Waals surface area contributed by atoms with Crippen LogP contribution in [0.3, 0.4) is 0 Å². The molecule has 0 fully saturated rings. The number of amides is 1. The van der Waals surface area contributed by atoms with Crippen LogP contribution in [-0.2, 0) is 6.18 Å². The zero-order chi connectivity index (χ0) is 22.1. The van der Waals surface area contributed by atoms with E-state index in [-0.39, 0.29) is 27.5 Å². The van der Waals surface area contributed by atoms with E-state index >= 15 is 0 Å². The zero-order valence-corrected chi connectivity index (χ0v) is 16.9. The molecule has 0 aliphatic rings. The Kier molecular flexibility index (Phi) is 6.37. The fraction of sp³-hybridized carbons (Fsp3) is 0.300. The van der Waals surface area contributed by atoms with Crippen LogP contribution in [0.5, 0.6) is 0 Å². The number of aromatic nitrogens is 1. The lowest BCUT2D eigenvalue weighted by molar-refractivity contribution is -0.137. The van der Waals surface area contributed by atoms with Gasteiger partial charge in [0, 0.05) is 18.2 Å². The summed E-state index contributed by atoms with van der Waals surface area (Å²) in [6, 6.07) is 5.88. The van der Waals surface area contributed by atoms with Crippen LogP contribution in [0.25, 0.3) is 10.2 Å². The number of fused-ring (bicyclic) bond motifs is 1. The molecule has 1 aromatic heterocycles. The molecule has 1 amide bonds. The second kappa shape index (κ2) is 8.65. The zero-order valence-electron chi connectivity index (χ0n) is 16.1. The lowest BCUT2D eigenvalue weighted by Crippen LogP contribution is -2.33. The number of carbonyl (C=O) groups is 1. The highest BCUT2D eigenvalue weighted by atomic mass is 32.1. The number of rotatable bonds is 6. The summed E-state index contributed by atoms with van der Waals surface area (Å²) in [5.41, 5.74) is -1.20. The van der Waals surface area contributed by atoms with Crippen molar-refractivity contribution >= 4 is 32.6 Å². The Morgan fingerprint density at radius 2 is 1.83 bits per heavy atom. The maximum absolute atomic E-state index is 14.1. The summed E-state index contributed by atoms with van der Waals surface area (Å²) in [5, 5.41) is 0.0932. The average Bonchev–Trinajstić information content (AvgIpc) is 3.08. The first-order chi connectivity index (χ1) is 14.1. The van der Waals surface area contributed by atoms with Crippen molar-refractivity contribution in [3.05, 3.63) is 59.2 Å². The van der Waals surface area contributed by atoms with Gasteiger partial charge in [0.15, 0.2) is 10.9 Å². The minimum Gasteiger partial charge on any atom is -0.309 e. The van der Waals surface area contributed by atoms with Crippen LogP contribution in [0.4, 0.5) is 27.1 Å². The summed E-state index contributed by atoms with van der Waals surface area (Å²) in [7, 11) is 3.68. The second-order valence-corrected chi connectivity index (χ2v) is 7.93. The van der Waals surface area contributed by atoms with E-state index in [0.29, 0.717) is 19.0 Å². The molecule has 0 radical (unpaired) electrons. The van der Waals surface area contributed by atoms with Crippen molar-refractivity contribution in [3.63, 3.8) is 0 Å². The Morgan fingerprint density at radius 3 is 2.50 bits per heavy atom. The number of thiazole rings is 1. The smallest absolute Gasteiger partial charge is 0.309 e. The van der Waals surface area contributed by atoms with Gasteiger partial charge < -0.3 is 4.90 Å². The first-order valence-electron chi connectivity index (χ1n) is 8.95. The van der Waals surface area contributed by atoms with Crippen LogP contribution >= 0.6 is 11.3 Å². The van der Waals surface area contributed by atoms with E-state index in [2.05, 4.69) is 4.98 Å². The SMILES string of the molecule is CN(C)CCCN(C(=O)c1cccc(C(F)(F)F)c1)c1nc2c(F)cc(F)cc2s1. The van der Waals surface area contributed by atoms with Crippen LogP contribution < -0.4 is 4.90 Å². The van der Waals surface area contributed by atoms with Gasteiger partial charge in [0.25, 0.3) is 5.91 Å². The number of alkyl halides is 3. The molecule has 0 N–H and O–H groups in total. The molecule has 10 heteroatoms. The first-order valence-corrected chi connectivity index (χ1v) is 9.77. The number of hydrogen-bond donors (Lipinski definition) is 0. The fourth-order valence-electron chi connectivity index (χ4n) is 2.87. The molecule has 3 aromatic rings. The van der Waals surface area contributed by atoms with Gasteiger partial charge in [0.1, 0.15) is 11.3 Å². The van der Waals surface area contributed by atoms with Gasteiger partial charge in [-0.3, -0.25) is 9.69 Å². The highest BCUT2D eigenvalue weighted by Gasteiger charge is 2.32. The molecule has 0 aliphatic heterocycles. The fourth-order valence-corrected chi connectivity index (χ4v) is 3.90. The highest BCUT2D eigenvalue weighted by Crippen LogP contribution is 2.33. The molecule has 0 spiro atoms. The second-order valence-electron chi connectivity index (χ2n) is 6.92. The predicted molar refractivity (Wildman–Crippen MR) is 106 cm³/mol. The Hall–Kier alpha value is -2.59. The number of benzene rings is 2.